The highest BCUT2D eigenvalue weighted by atomic mass is 16.4. The SMILES string of the molecule is O=C(NCc1ccccc1)c1ccc(-c2ccccc2CO)o1. The number of amides is 1. The lowest BCUT2D eigenvalue weighted by Crippen LogP contribution is -2.22. The van der Waals surface area contributed by atoms with Crippen LogP contribution in [0.5, 0.6) is 0 Å². The summed E-state index contributed by atoms with van der Waals surface area (Å²) in [5, 5.41) is 12.2. The van der Waals surface area contributed by atoms with Gasteiger partial charge in [-0.25, -0.2) is 0 Å². The number of rotatable bonds is 5. The standard InChI is InChI=1S/C19H17NO3/c21-13-15-8-4-5-9-16(15)17-10-11-18(23-17)19(22)20-12-14-6-2-1-3-7-14/h1-11,21H,12-13H2,(H,20,22). The van der Waals surface area contributed by atoms with E-state index < -0.39 is 0 Å². The van der Waals surface area contributed by atoms with Gasteiger partial charge in [0.15, 0.2) is 5.76 Å². The Morgan fingerprint density at radius 3 is 2.48 bits per heavy atom. The van der Waals surface area contributed by atoms with Crippen LogP contribution in [-0.4, -0.2) is 11.0 Å². The molecular weight excluding hydrogens is 290 g/mol. The van der Waals surface area contributed by atoms with Crippen LogP contribution in [0.3, 0.4) is 0 Å². The van der Waals surface area contributed by atoms with Crippen LogP contribution in [0.15, 0.2) is 71.1 Å². The first kappa shape index (κ1) is 15.1. The first-order valence-corrected chi connectivity index (χ1v) is 7.39. The third-order valence-electron chi connectivity index (χ3n) is 3.58. The smallest absolute Gasteiger partial charge is 0.287 e. The third-order valence-corrected chi connectivity index (χ3v) is 3.58. The van der Waals surface area contributed by atoms with Crippen molar-refractivity contribution in [3.8, 4) is 11.3 Å². The van der Waals surface area contributed by atoms with Gasteiger partial charge in [-0.3, -0.25) is 4.79 Å². The van der Waals surface area contributed by atoms with E-state index in [1.165, 1.54) is 0 Å². The van der Waals surface area contributed by atoms with Crippen molar-refractivity contribution in [3.63, 3.8) is 0 Å². The number of aliphatic hydroxyl groups is 1. The van der Waals surface area contributed by atoms with Crippen LogP contribution in [0.25, 0.3) is 11.3 Å². The van der Waals surface area contributed by atoms with Gasteiger partial charge in [0.1, 0.15) is 5.76 Å². The van der Waals surface area contributed by atoms with Crippen LogP contribution >= 0.6 is 0 Å². The van der Waals surface area contributed by atoms with E-state index in [0.717, 1.165) is 16.7 Å². The number of carbonyl (C=O) groups excluding carboxylic acids is 1. The maximum atomic E-state index is 12.2. The molecule has 0 fully saturated rings. The van der Waals surface area contributed by atoms with Gasteiger partial charge in [-0.05, 0) is 23.3 Å². The Morgan fingerprint density at radius 1 is 0.957 bits per heavy atom. The minimum Gasteiger partial charge on any atom is -0.451 e. The Bertz CT molecular complexity index is 793. The zero-order valence-electron chi connectivity index (χ0n) is 12.5. The highest BCUT2D eigenvalue weighted by molar-refractivity contribution is 5.92. The Balaban J connectivity index is 1.72. The van der Waals surface area contributed by atoms with Gasteiger partial charge < -0.3 is 14.8 Å². The molecule has 1 amide bonds. The zero-order valence-corrected chi connectivity index (χ0v) is 12.5. The highest BCUT2D eigenvalue weighted by Crippen LogP contribution is 2.25. The zero-order chi connectivity index (χ0) is 16.1. The van der Waals surface area contributed by atoms with Crippen molar-refractivity contribution in [3.05, 3.63) is 83.6 Å². The molecule has 116 valence electrons. The normalized spacial score (nSPS) is 10.5. The predicted molar refractivity (Wildman–Crippen MR) is 87.7 cm³/mol. The second kappa shape index (κ2) is 6.94. The van der Waals surface area contributed by atoms with Gasteiger partial charge >= 0.3 is 0 Å². The molecule has 2 N–H and O–H groups in total. The van der Waals surface area contributed by atoms with Crippen LogP contribution < -0.4 is 5.32 Å². The van der Waals surface area contributed by atoms with E-state index in [0.29, 0.717) is 12.3 Å². The lowest BCUT2D eigenvalue weighted by molar-refractivity contribution is 0.0924. The van der Waals surface area contributed by atoms with Gasteiger partial charge in [0.25, 0.3) is 5.91 Å². The van der Waals surface area contributed by atoms with Crippen molar-refractivity contribution in [1.82, 2.24) is 5.32 Å². The summed E-state index contributed by atoms with van der Waals surface area (Å²) in [7, 11) is 0. The number of carbonyl (C=O) groups is 1. The molecule has 0 aliphatic heterocycles. The average molecular weight is 307 g/mol. The lowest BCUT2D eigenvalue weighted by Gasteiger charge is -2.05. The number of hydrogen-bond donors (Lipinski definition) is 2. The van der Waals surface area contributed by atoms with E-state index in [2.05, 4.69) is 5.32 Å². The topological polar surface area (TPSA) is 62.5 Å². The Hall–Kier alpha value is -2.85. The van der Waals surface area contributed by atoms with E-state index in [1.54, 1.807) is 12.1 Å². The van der Waals surface area contributed by atoms with Crippen molar-refractivity contribution < 1.29 is 14.3 Å². The summed E-state index contributed by atoms with van der Waals surface area (Å²) in [4.78, 5) is 12.2. The minimum atomic E-state index is -0.262. The first-order chi connectivity index (χ1) is 11.3. The maximum absolute atomic E-state index is 12.2. The highest BCUT2D eigenvalue weighted by Gasteiger charge is 2.13. The molecule has 1 heterocycles. The second-order valence-electron chi connectivity index (χ2n) is 5.15. The van der Waals surface area contributed by atoms with Crippen molar-refractivity contribution in [2.45, 2.75) is 13.2 Å². The molecule has 0 atom stereocenters. The summed E-state index contributed by atoms with van der Waals surface area (Å²) < 4.78 is 5.64. The van der Waals surface area contributed by atoms with Gasteiger partial charge in [-0.1, -0.05) is 54.6 Å². The van der Waals surface area contributed by atoms with Crippen LogP contribution in [0, 0.1) is 0 Å². The van der Waals surface area contributed by atoms with Crippen molar-refractivity contribution in [2.24, 2.45) is 0 Å². The monoisotopic (exact) mass is 307 g/mol. The van der Waals surface area contributed by atoms with Crippen LogP contribution in [0.2, 0.25) is 0 Å². The van der Waals surface area contributed by atoms with Crippen molar-refractivity contribution >= 4 is 5.91 Å². The molecule has 0 radical (unpaired) electrons. The van der Waals surface area contributed by atoms with Gasteiger partial charge in [0.2, 0.25) is 0 Å². The summed E-state index contributed by atoms with van der Waals surface area (Å²) in [5.41, 5.74) is 2.58. The maximum Gasteiger partial charge on any atom is 0.287 e. The molecule has 0 spiro atoms. The van der Waals surface area contributed by atoms with Gasteiger partial charge in [0.05, 0.1) is 6.61 Å². The summed E-state index contributed by atoms with van der Waals surface area (Å²) in [6, 6.07) is 20.5. The van der Waals surface area contributed by atoms with E-state index in [1.807, 2.05) is 54.6 Å². The van der Waals surface area contributed by atoms with E-state index in [-0.39, 0.29) is 18.3 Å². The number of furan rings is 1. The fraction of sp³-hybridized carbons (Fsp3) is 0.105. The van der Waals surface area contributed by atoms with Crippen LogP contribution in [0.4, 0.5) is 0 Å². The summed E-state index contributed by atoms with van der Waals surface area (Å²) in [6.45, 7) is 0.370. The average Bonchev–Trinajstić information content (AvgIpc) is 3.10. The number of benzene rings is 2. The quantitative estimate of drug-likeness (QED) is 0.759. The van der Waals surface area contributed by atoms with Gasteiger partial charge in [-0.15, -0.1) is 0 Å². The first-order valence-electron chi connectivity index (χ1n) is 7.39. The summed E-state index contributed by atoms with van der Waals surface area (Å²) in [6.07, 6.45) is 0. The number of nitrogens with one attached hydrogen (secondary N) is 1. The molecule has 4 nitrogen and oxygen atoms in total. The van der Waals surface area contributed by atoms with E-state index >= 15 is 0 Å². The Kier molecular flexibility index (Phi) is 4.54. The van der Waals surface area contributed by atoms with E-state index in [4.69, 9.17) is 4.42 Å². The molecule has 0 saturated heterocycles. The molecule has 4 heteroatoms. The van der Waals surface area contributed by atoms with Crippen molar-refractivity contribution in [2.75, 3.05) is 0 Å². The minimum absolute atomic E-state index is 0.0770. The van der Waals surface area contributed by atoms with Crippen LogP contribution in [-0.2, 0) is 13.2 Å². The number of aliphatic hydroxyl groups excluding tert-OH is 1. The third kappa shape index (κ3) is 3.49. The molecule has 3 rings (SSSR count). The molecule has 0 aliphatic carbocycles. The summed E-state index contributed by atoms with van der Waals surface area (Å²) in [5.74, 6) is 0.560. The molecule has 0 unspecified atom stereocenters. The Labute approximate surface area is 134 Å². The van der Waals surface area contributed by atoms with Crippen LogP contribution in [0.1, 0.15) is 21.7 Å². The molecule has 2 aromatic carbocycles. The van der Waals surface area contributed by atoms with Crippen molar-refractivity contribution in [1.29, 1.82) is 0 Å². The molecular formula is C19H17NO3. The predicted octanol–water partition coefficient (Wildman–Crippen LogP) is 3.37. The fourth-order valence-corrected chi connectivity index (χ4v) is 2.37. The molecule has 0 bridgehead atoms. The van der Waals surface area contributed by atoms with Gasteiger partial charge in [0, 0.05) is 12.1 Å². The molecule has 0 saturated carbocycles. The molecule has 23 heavy (non-hydrogen) atoms. The second-order valence-corrected chi connectivity index (χ2v) is 5.15. The molecule has 1 aromatic heterocycles. The fourth-order valence-electron chi connectivity index (χ4n) is 2.37. The summed E-state index contributed by atoms with van der Waals surface area (Å²) >= 11 is 0. The van der Waals surface area contributed by atoms with E-state index in [9.17, 15) is 9.90 Å². The molecule has 3 aromatic rings. The lowest BCUT2D eigenvalue weighted by atomic mass is 10.1. The number of hydrogen-bond acceptors (Lipinski definition) is 3. The van der Waals surface area contributed by atoms with Gasteiger partial charge in [-0.2, -0.15) is 0 Å². The largest absolute Gasteiger partial charge is 0.451 e. The molecule has 0 aliphatic rings. The Morgan fingerprint density at radius 2 is 1.70 bits per heavy atom.